The van der Waals surface area contributed by atoms with Gasteiger partial charge >= 0.3 is 0 Å². The predicted molar refractivity (Wildman–Crippen MR) is 90.3 cm³/mol. The lowest BCUT2D eigenvalue weighted by Gasteiger charge is -2.20. The Bertz CT molecular complexity index is 590. The van der Waals surface area contributed by atoms with Crippen LogP contribution in [0.25, 0.3) is 0 Å². The summed E-state index contributed by atoms with van der Waals surface area (Å²) in [5.74, 6) is 0.817. The molecular weight excluding hydrogens is 384 g/mol. The number of hydrogen-bond acceptors (Lipinski definition) is 3. The Morgan fingerprint density at radius 1 is 1.20 bits per heavy atom. The molecule has 0 radical (unpaired) electrons. The van der Waals surface area contributed by atoms with Gasteiger partial charge in [-0.25, -0.2) is 0 Å². The van der Waals surface area contributed by atoms with Crippen LogP contribution in [0.3, 0.4) is 0 Å². The zero-order valence-electron chi connectivity index (χ0n) is 11.1. The minimum absolute atomic E-state index is 0.00812. The van der Waals surface area contributed by atoms with E-state index in [1.54, 1.807) is 7.11 Å². The van der Waals surface area contributed by atoms with Gasteiger partial charge in [-0.15, -0.1) is 0 Å². The Morgan fingerprint density at radius 2 is 2.00 bits per heavy atom. The lowest BCUT2D eigenvalue weighted by Crippen LogP contribution is -2.21. The fourth-order valence-corrected chi connectivity index (χ4v) is 2.88. The van der Waals surface area contributed by atoms with Crippen LogP contribution < -0.4 is 15.8 Å². The molecule has 2 aromatic rings. The van der Waals surface area contributed by atoms with Gasteiger partial charge in [-0.05, 0) is 42.0 Å². The zero-order chi connectivity index (χ0) is 14.5. The number of methoxy groups -OCH3 is 1. The summed E-state index contributed by atoms with van der Waals surface area (Å²) in [6.45, 7) is 0.484. The average molecular weight is 400 g/mol. The van der Waals surface area contributed by atoms with Gasteiger partial charge in [-0.2, -0.15) is 0 Å². The Kier molecular flexibility index (Phi) is 5.46. The van der Waals surface area contributed by atoms with Crippen molar-refractivity contribution >= 4 is 37.5 Å². The molecule has 1 atom stereocenters. The standard InChI is InChI=1S/C15H16Br2N2O/c1-20-12-5-6-14(17)13(8-12)15(9-18)19-11-4-2-3-10(16)7-11/h2-8,15,19H,9,18H2,1H3. The van der Waals surface area contributed by atoms with E-state index in [0.29, 0.717) is 6.54 Å². The van der Waals surface area contributed by atoms with Crippen molar-refractivity contribution in [2.24, 2.45) is 5.73 Å². The number of ether oxygens (including phenoxy) is 1. The monoisotopic (exact) mass is 398 g/mol. The molecule has 2 aromatic carbocycles. The molecule has 5 heteroatoms. The van der Waals surface area contributed by atoms with Crippen LogP contribution in [0.4, 0.5) is 5.69 Å². The molecule has 106 valence electrons. The van der Waals surface area contributed by atoms with Crippen LogP contribution in [-0.2, 0) is 0 Å². The Balaban J connectivity index is 2.28. The number of halogens is 2. The Morgan fingerprint density at radius 3 is 2.65 bits per heavy atom. The van der Waals surface area contributed by atoms with E-state index in [9.17, 15) is 0 Å². The van der Waals surface area contributed by atoms with E-state index in [1.165, 1.54) is 0 Å². The maximum absolute atomic E-state index is 5.92. The normalized spacial score (nSPS) is 12.0. The van der Waals surface area contributed by atoms with Crippen LogP contribution in [-0.4, -0.2) is 13.7 Å². The molecule has 0 heterocycles. The van der Waals surface area contributed by atoms with E-state index in [2.05, 4.69) is 37.2 Å². The first-order valence-electron chi connectivity index (χ1n) is 6.19. The first-order valence-corrected chi connectivity index (χ1v) is 7.78. The molecule has 0 fully saturated rings. The van der Waals surface area contributed by atoms with Crippen LogP contribution in [0.5, 0.6) is 5.75 Å². The number of anilines is 1. The van der Waals surface area contributed by atoms with Gasteiger partial charge in [0, 0.05) is 21.2 Å². The van der Waals surface area contributed by atoms with Crippen LogP contribution >= 0.6 is 31.9 Å². The molecule has 2 rings (SSSR count). The molecule has 0 spiro atoms. The molecule has 0 aliphatic carbocycles. The lowest BCUT2D eigenvalue weighted by molar-refractivity contribution is 0.414. The van der Waals surface area contributed by atoms with Crippen molar-refractivity contribution in [3.8, 4) is 5.75 Å². The van der Waals surface area contributed by atoms with Crippen molar-refractivity contribution in [1.82, 2.24) is 0 Å². The topological polar surface area (TPSA) is 47.3 Å². The predicted octanol–water partition coefficient (Wildman–Crippen LogP) is 4.33. The summed E-state index contributed by atoms with van der Waals surface area (Å²) in [5, 5.41) is 3.44. The number of nitrogens with two attached hydrogens (primary N) is 1. The smallest absolute Gasteiger partial charge is 0.119 e. The molecule has 20 heavy (non-hydrogen) atoms. The summed E-state index contributed by atoms with van der Waals surface area (Å²) >= 11 is 7.04. The third-order valence-corrected chi connectivity index (χ3v) is 4.20. The van der Waals surface area contributed by atoms with E-state index < -0.39 is 0 Å². The van der Waals surface area contributed by atoms with Crippen molar-refractivity contribution in [2.45, 2.75) is 6.04 Å². The van der Waals surface area contributed by atoms with E-state index in [-0.39, 0.29) is 6.04 Å². The second-order valence-electron chi connectivity index (χ2n) is 4.33. The average Bonchev–Trinajstić information content (AvgIpc) is 2.46. The maximum Gasteiger partial charge on any atom is 0.119 e. The second-order valence-corrected chi connectivity index (χ2v) is 6.10. The summed E-state index contributed by atoms with van der Waals surface area (Å²) in [4.78, 5) is 0. The van der Waals surface area contributed by atoms with Crippen molar-refractivity contribution < 1.29 is 4.74 Å². The lowest BCUT2D eigenvalue weighted by atomic mass is 10.1. The minimum atomic E-state index is 0.00812. The van der Waals surface area contributed by atoms with Crippen LogP contribution in [0.15, 0.2) is 51.4 Å². The molecule has 0 bridgehead atoms. The molecule has 1 unspecified atom stereocenters. The van der Waals surface area contributed by atoms with Crippen LogP contribution in [0.1, 0.15) is 11.6 Å². The molecule has 0 aliphatic heterocycles. The molecular formula is C15H16Br2N2O. The number of rotatable bonds is 5. The van der Waals surface area contributed by atoms with Gasteiger partial charge in [0.05, 0.1) is 13.2 Å². The second kappa shape index (κ2) is 7.11. The van der Waals surface area contributed by atoms with E-state index in [4.69, 9.17) is 10.5 Å². The number of benzene rings is 2. The quantitative estimate of drug-likeness (QED) is 0.786. The Hall–Kier alpha value is -1.04. The fraction of sp³-hybridized carbons (Fsp3) is 0.200. The zero-order valence-corrected chi connectivity index (χ0v) is 14.2. The van der Waals surface area contributed by atoms with Gasteiger partial charge in [0.2, 0.25) is 0 Å². The van der Waals surface area contributed by atoms with Crippen molar-refractivity contribution in [3.63, 3.8) is 0 Å². The first-order chi connectivity index (χ1) is 9.63. The summed E-state index contributed by atoms with van der Waals surface area (Å²) in [7, 11) is 1.66. The number of nitrogens with one attached hydrogen (secondary N) is 1. The molecule has 0 saturated carbocycles. The van der Waals surface area contributed by atoms with Gasteiger partial charge < -0.3 is 15.8 Å². The van der Waals surface area contributed by atoms with Gasteiger partial charge in [0.15, 0.2) is 0 Å². The number of hydrogen-bond donors (Lipinski definition) is 2. The van der Waals surface area contributed by atoms with Crippen molar-refractivity contribution in [1.29, 1.82) is 0 Å². The van der Waals surface area contributed by atoms with E-state index in [0.717, 1.165) is 25.9 Å². The fourth-order valence-electron chi connectivity index (χ4n) is 1.96. The molecule has 0 aromatic heterocycles. The highest BCUT2D eigenvalue weighted by atomic mass is 79.9. The molecule has 0 amide bonds. The molecule has 3 N–H and O–H groups in total. The third kappa shape index (κ3) is 3.75. The molecule has 0 aliphatic rings. The summed E-state index contributed by atoms with van der Waals surface area (Å²) in [6.07, 6.45) is 0. The van der Waals surface area contributed by atoms with Gasteiger partial charge in [0.1, 0.15) is 5.75 Å². The van der Waals surface area contributed by atoms with Crippen LogP contribution in [0, 0.1) is 0 Å². The molecule has 0 saturated heterocycles. The molecule has 3 nitrogen and oxygen atoms in total. The highest BCUT2D eigenvalue weighted by molar-refractivity contribution is 9.10. The largest absolute Gasteiger partial charge is 0.497 e. The SMILES string of the molecule is COc1ccc(Br)c(C(CN)Nc2cccc(Br)c2)c1. The summed E-state index contributed by atoms with van der Waals surface area (Å²) < 4.78 is 7.32. The maximum atomic E-state index is 5.92. The van der Waals surface area contributed by atoms with E-state index >= 15 is 0 Å². The van der Waals surface area contributed by atoms with Crippen molar-refractivity contribution in [3.05, 3.63) is 57.0 Å². The first kappa shape index (κ1) is 15.4. The highest BCUT2D eigenvalue weighted by Gasteiger charge is 2.14. The van der Waals surface area contributed by atoms with Gasteiger partial charge in [-0.1, -0.05) is 37.9 Å². The van der Waals surface area contributed by atoms with Gasteiger partial charge in [0.25, 0.3) is 0 Å². The summed E-state index contributed by atoms with van der Waals surface area (Å²) in [6, 6.07) is 13.9. The third-order valence-electron chi connectivity index (χ3n) is 2.98. The van der Waals surface area contributed by atoms with Gasteiger partial charge in [-0.3, -0.25) is 0 Å². The summed E-state index contributed by atoms with van der Waals surface area (Å²) in [5.41, 5.74) is 8.01. The minimum Gasteiger partial charge on any atom is -0.497 e. The Labute approximate surface area is 135 Å². The highest BCUT2D eigenvalue weighted by Crippen LogP contribution is 2.30. The van der Waals surface area contributed by atoms with E-state index in [1.807, 2.05) is 42.5 Å². The van der Waals surface area contributed by atoms with Crippen LogP contribution in [0.2, 0.25) is 0 Å². The van der Waals surface area contributed by atoms with Crippen molar-refractivity contribution in [2.75, 3.05) is 19.0 Å².